The molecule has 1 rings (SSSR count). The lowest BCUT2D eigenvalue weighted by Crippen LogP contribution is -2.43. The smallest absolute Gasteiger partial charge is 0.326 e. The first-order chi connectivity index (χ1) is 8.52. The van der Waals surface area contributed by atoms with E-state index in [0.29, 0.717) is 0 Å². The Morgan fingerprint density at radius 1 is 1.50 bits per heavy atom. The van der Waals surface area contributed by atoms with E-state index in [2.05, 4.69) is 20.4 Å². The fourth-order valence-corrected chi connectivity index (χ4v) is 1.15. The maximum absolute atomic E-state index is 11.5. The fourth-order valence-electron chi connectivity index (χ4n) is 1.15. The van der Waals surface area contributed by atoms with E-state index in [1.165, 1.54) is 17.1 Å². The van der Waals surface area contributed by atoms with Crippen LogP contribution in [0, 0.1) is 0 Å². The van der Waals surface area contributed by atoms with E-state index < -0.39 is 30.3 Å². The number of amides is 1. The van der Waals surface area contributed by atoms with Crippen molar-refractivity contribution in [1.82, 2.24) is 20.3 Å². The zero-order valence-corrected chi connectivity index (χ0v) is 9.57. The molecule has 1 amide bonds. The summed E-state index contributed by atoms with van der Waals surface area (Å²) in [4.78, 5) is 33.3. The largest absolute Gasteiger partial charge is 0.480 e. The van der Waals surface area contributed by atoms with Crippen LogP contribution in [0.4, 0.5) is 0 Å². The van der Waals surface area contributed by atoms with Crippen LogP contribution in [0.5, 0.6) is 0 Å². The van der Waals surface area contributed by atoms with Gasteiger partial charge in [-0.15, -0.1) is 5.10 Å². The molecular weight excluding hydrogens is 244 g/mol. The molecule has 98 valence electrons. The van der Waals surface area contributed by atoms with Gasteiger partial charge in [0.2, 0.25) is 5.91 Å². The highest BCUT2D eigenvalue weighted by atomic mass is 16.5. The summed E-state index contributed by atoms with van der Waals surface area (Å²) in [6.07, 6.45) is 2.40. The minimum absolute atomic E-state index is 0.176. The quantitative estimate of drug-likeness (QED) is 0.588. The number of esters is 1. The van der Waals surface area contributed by atoms with E-state index in [9.17, 15) is 14.4 Å². The van der Waals surface area contributed by atoms with Crippen molar-refractivity contribution in [1.29, 1.82) is 0 Å². The van der Waals surface area contributed by atoms with Crippen LogP contribution < -0.4 is 5.32 Å². The molecule has 0 spiro atoms. The van der Waals surface area contributed by atoms with Crippen molar-refractivity contribution in [3.8, 4) is 0 Å². The molecule has 0 aromatic carbocycles. The number of methoxy groups -OCH3 is 1. The van der Waals surface area contributed by atoms with Gasteiger partial charge in [-0.25, -0.2) is 9.48 Å². The predicted octanol–water partition coefficient (Wildman–Crippen LogP) is -1.59. The first-order valence-electron chi connectivity index (χ1n) is 4.96. The van der Waals surface area contributed by atoms with E-state index in [1.807, 2.05) is 0 Å². The molecule has 0 aliphatic heterocycles. The number of aliphatic carboxylic acids is 1. The normalized spacial score (nSPS) is 11.6. The van der Waals surface area contributed by atoms with Crippen LogP contribution in [-0.4, -0.2) is 51.1 Å². The summed E-state index contributed by atoms with van der Waals surface area (Å²) >= 11 is 0. The van der Waals surface area contributed by atoms with E-state index in [4.69, 9.17) is 5.11 Å². The van der Waals surface area contributed by atoms with Gasteiger partial charge in [0.15, 0.2) is 0 Å². The third-order valence-electron chi connectivity index (χ3n) is 2.01. The number of carbonyl (C=O) groups is 3. The summed E-state index contributed by atoms with van der Waals surface area (Å²) in [5.41, 5.74) is 0. The standard InChI is InChI=1S/C9H12N4O5/c1-18-8(15)4-6(9(16)17)11-7(14)5-13-3-2-10-12-13/h2-3,6H,4-5H2,1H3,(H,11,14)(H,16,17)/t6-/m0/s1. The van der Waals surface area contributed by atoms with Gasteiger partial charge in [0.25, 0.3) is 0 Å². The summed E-state index contributed by atoms with van der Waals surface area (Å²) < 4.78 is 5.57. The zero-order chi connectivity index (χ0) is 13.5. The van der Waals surface area contributed by atoms with Crippen LogP contribution in [-0.2, 0) is 25.7 Å². The number of nitrogens with one attached hydrogen (secondary N) is 1. The Balaban J connectivity index is 2.52. The molecule has 1 aromatic rings. The first kappa shape index (κ1) is 13.6. The molecule has 0 aliphatic rings. The van der Waals surface area contributed by atoms with E-state index in [1.54, 1.807) is 0 Å². The van der Waals surface area contributed by atoms with E-state index in [-0.39, 0.29) is 6.54 Å². The molecule has 1 atom stereocenters. The molecule has 0 radical (unpaired) electrons. The molecule has 9 nitrogen and oxygen atoms in total. The fraction of sp³-hybridized carbons (Fsp3) is 0.444. The van der Waals surface area contributed by atoms with Gasteiger partial charge in [0.1, 0.15) is 12.6 Å². The number of ether oxygens (including phenoxy) is 1. The average molecular weight is 256 g/mol. The van der Waals surface area contributed by atoms with Crippen molar-refractivity contribution in [2.24, 2.45) is 0 Å². The summed E-state index contributed by atoms with van der Waals surface area (Å²) in [5.74, 6) is -2.62. The first-order valence-corrected chi connectivity index (χ1v) is 4.96. The van der Waals surface area contributed by atoms with Gasteiger partial charge < -0.3 is 15.2 Å². The van der Waals surface area contributed by atoms with E-state index in [0.717, 1.165) is 7.11 Å². The van der Waals surface area contributed by atoms with Gasteiger partial charge in [-0.2, -0.15) is 0 Å². The second-order valence-corrected chi connectivity index (χ2v) is 3.34. The third kappa shape index (κ3) is 4.20. The number of rotatable bonds is 6. The Hall–Kier alpha value is -2.45. The molecule has 18 heavy (non-hydrogen) atoms. The Kier molecular flexibility index (Phi) is 4.78. The van der Waals surface area contributed by atoms with Crippen LogP contribution in [0.25, 0.3) is 0 Å². The van der Waals surface area contributed by atoms with Crippen molar-refractivity contribution in [3.63, 3.8) is 0 Å². The van der Waals surface area contributed by atoms with Crippen molar-refractivity contribution in [3.05, 3.63) is 12.4 Å². The molecule has 1 heterocycles. The number of hydrogen-bond donors (Lipinski definition) is 2. The summed E-state index contributed by atoms with van der Waals surface area (Å²) in [6.45, 7) is -0.176. The van der Waals surface area contributed by atoms with Crippen LogP contribution in [0.15, 0.2) is 12.4 Å². The maximum atomic E-state index is 11.5. The Morgan fingerprint density at radius 3 is 2.72 bits per heavy atom. The number of aromatic nitrogens is 3. The Bertz CT molecular complexity index is 430. The Labute approximate surface area is 102 Å². The third-order valence-corrected chi connectivity index (χ3v) is 2.01. The predicted molar refractivity (Wildman–Crippen MR) is 56.2 cm³/mol. The highest BCUT2D eigenvalue weighted by Crippen LogP contribution is 1.95. The van der Waals surface area contributed by atoms with Crippen LogP contribution >= 0.6 is 0 Å². The van der Waals surface area contributed by atoms with Crippen molar-refractivity contribution in [2.45, 2.75) is 19.0 Å². The number of carbonyl (C=O) groups excluding carboxylic acids is 2. The molecule has 0 aliphatic carbocycles. The molecule has 0 unspecified atom stereocenters. The highest BCUT2D eigenvalue weighted by Gasteiger charge is 2.23. The second-order valence-electron chi connectivity index (χ2n) is 3.34. The number of carboxylic acids is 1. The summed E-state index contributed by atoms with van der Waals surface area (Å²) in [7, 11) is 1.14. The molecule has 0 saturated carbocycles. The zero-order valence-electron chi connectivity index (χ0n) is 9.57. The molecule has 0 bridgehead atoms. The lowest BCUT2D eigenvalue weighted by molar-refractivity contribution is -0.148. The molecule has 1 aromatic heterocycles. The van der Waals surface area contributed by atoms with Gasteiger partial charge in [-0.1, -0.05) is 5.21 Å². The van der Waals surface area contributed by atoms with Gasteiger partial charge in [0, 0.05) is 6.20 Å². The summed E-state index contributed by atoms with van der Waals surface area (Å²) in [6, 6.07) is -1.33. The Morgan fingerprint density at radius 2 is 2.22 bits per heavy atom. The van der Waals surface area contributed by atoms with Gasteiger partial charge >= 0.3 is 11.9 Å². The lowest BCUT2D eigenvalue weighted by atomic mass is 10.2. The SMILES string of the molecule is COC(=O)C[C@H](NC(=O)Cn1ccnn1)C(=O)O. The number of nitrogens with zero attached hydrogens (tertiary/aromatic N) is 3. The van der Waals surface area contributed by atoms with E-state index >= 15 is 0 Å². The number of carboxylic acid groups (broad SMARTS) is 1. The van der Waals surface area contributed by atoms with Crippen molar-refractivity contribution in [2.75, 3.05) is 7.11 Å². The van der Waals surface area contributed by atoms with Crippen LogP contribution in [0.2, 0.25) is 0 Å². The van der Waals surface area contributed by atoms with Crippen molar-refractivity contribution >= 4 is 17.8 Å². The molecular formula is C9H12N4O5. The van der Waals surface area contributed by atoms with Gasteiger partial charge in [0.05, 0.1) is 19.7 Å². The topological polar surface area (TPSA) is 123 Å². The van der Waals surface area contributed by atoms with Gasteiger partial charge in [-0.3, -0.25) is 9.59 Å². The minimum atomic E-state index is -1.33. The molecule has 0 fully saturated rings. The maximum Gasteiger partial charge on any atom is 0.326 e. The van der Waals surface area contributed by atoms with Crippen molar-refractivity contribution < 1.29 is 24.2 Å². The lowest BCUT2D eigenvalue weighted by Gasteiger charge is -2.12. The number of hydrogen-bond acceptors (Lipinski definition) is 6. The second kappa shape index (κ2) is 6.33. The summed E-state index contributed by atoms with van der Waals surface area (Å²) in [5, 5.41) is 18.1. The molecule has 0 saturated heterocycles. The molecule has 9 heteroatoms. The van der Waals surface area contributed by atoms with Gasteiger partial charge in [-0.05, 0) is 0 Å². The highest BCUT2D eigenvalue weighted by molar-refractivity contribution is 5.87. The minimum Gasteiger partial charge on any atom is -0.480 e. The van der Waals surface area contributed by atoms with Crippen LogP contribution in [0.3, 0.4) is 0 Å². The average Bonchev–Trinajstić information content (AvgIpc) is 2.80. The monoisotopic (exact) mass is 256 g/mol. The van der Waals surface area contributed by atoms with Crippen LogP contribution in [0.1, 0.15) is 6.42 Å². The molecule has 2 N–H and O–H groups in total.